The maximum atomic E-state index is 13.1. The Morgan fingerprint density at radius 1 is 0.442 bits per heavy atom. The van der Waals surface area contributed by atoms with E-state index >= 15 is 0 Å². The van der Waals surface area contributed by atoms with Crippen LogP contribution in [0, 0.1) is 0 Å². The highest BCUT2D eigenvalue weighted by molar-refractivity contribution is 5.74. The predicted molar refractivity (Wildman–Crippen MR) is 312 cm³/mol. The fourth-order valence-electron chi connectivity index (χ4n) is 8.84. The smallest absolute Gasteiger partial charge is 0.335 e. The van der Waals surface area contributed by atoms with Crippen LogP contribution in [0.5, 0.6) is 0 Å². The summed E-state index contributed by atoms with van der Waals surface area (Å²) < 4.78 is 28.4. The molecule has 0 bridgehead atoms. The number of allylic oxidation sites excluding steroid dienone is 14. The summed E-state index contributed by atoms with van der Waals surface area (Å²) in [7, 11) is 0. The van der Waals surface area contributed by atoms with Crippen molar-refractivity contribution >= 4 is 23.9 Å². The van der Waals surface area contributed by atoms with E-state index < -0.39 is 67.3 Å². The molecule has 77 heavy (non-hydrogen) atoms. The van der Waals surface area contributed by atoms with Gasteiger partial charge in [0.25, 0.3) is 0 Å². The number of carbonyl (C=O) groups is 4. The van der Waals surface area contributed by atoms with Crippen LogP contribution < -0.4 is 0 Å². The fraction of sp³-hybridized carbons (Fsp3) is 0.723. The lowest BCUT2D eigenvalue weighted by Gasteiger charge is -2.40. The van der Waals surface area contributed by atoms with Gasteiger partial charge in [-0.05, 0) is 89.9 Å². The molecule has 12 heteroatoms. The third-order valence-electron chi connectivity index (χ3n) is 13.5. The number of carbonyl (C=O) groups excluding carboxylic acids is 3. The summed E-state index contributed by atoms with van der Waals surface area (Å²) in [6.45, 7) is 5.73. The number of aliphatic carboxylic acids is 1. The Hall–Kier alpha value is -4.10. The highest BCUT2D eigenvalue weighted by Gasteiger charge is 2.50. The first-order chi connectivity index (χ1) is 37.6. The molecule has 0 aliphatic carbocycles. The lowest BCUT2D eigenvalue weighted by Crippen LogP contribution is -2.61. The van der Waals surface area contributed by atoms with Crippen LogP contribution in [-0.2, 0) is 42.9 Å². The third-order valence-corrected chi connectivity index (χ3v) is 13.5. The van der Waals surface area contributed by atoms with E-state index in [1.165, 1.54) is 96.3 Å². The maximum Gasteiger partial charge on any atom is 0.335 e. The minimum Gasteiger partial charge on any atom is -0.479 e. The Bertz CT molecular complexity index is 1660. The standard InChI is InChI=1S/C65H108O12/c1-4-7-10-13-16-19-22-25-27-28-29-30-32-34-36-39-42-45-48-51-57(66)73-54-56(75-58(67)52-49-46-43-40-38-35-31-26-23-20-17-14-11-8-5-2)55-74-65-63(61(70)60(69)62(77-65)64(71)72)76-59(68)53-50-47-44-41-37-33-24-21-18-15-12-9-6-3/h8-9,11-12,17-18,20-21,26,31,33,37-38,40,56,60-63,65,69-70H,4-7,10,13-16,19,22-25,27-30,32,34-36,39,41-55H2,1-3H3,(H,71,72)/b11-8-,12-9-,20-17-,21-18-,31-26-,37-33-,40-38-. The highest BCUT2D eigenvalue weighted by Crippen LogP contribution is 2.26. The Labute approximate surface area is 467 Å². The van der Waals surface area contributed by atoms with Crippen molar-refractivity contribution in [3.8, 4) is 0 Å². The van der Waals surface area contributed by atoms with Crippen LogP contribution >= 0.6 is 0 Å². The van der Waals surface area contributed by atoms with Gasteiger partial charge in [-0.1, -0.05) is 228 Å². The lowest BCUT2D eigenvalue weighted by molar-refractivity contribution is -0.301. The Kier molecular flexibility index (Phi) is 48.4. The van der Waals surface area contributed by atoms with Crippen molar-refractivity contribution in [1.29, 1.82) is 0 Å². The van der Waals surface area contributed by atoms with Gasteiger partial charge in [-0.15, -0.1) is 0 Å². The zero-order chi connectivity index (χ0) is 56.1. The molecule has 440 valence electrons. The normalized spacial score (nSPS) is 18.6. The van der Waals surface area contributed by atoms with Crippen LogP contribution in [-0.4, -0.2) is 89.2 Å². The van der Waals surface area contributed by atoms with Crippen LogP contribution in [0.4, 0.5) is 0 Å². The minimum absolute atomic E-state index is 0.0180. The number of rotatable bonds is 51. The second-order valence-corrected chi connectivity index (χ2v) is 20.6. The van der Waals surface area contributed by atoms with Gasteiger partial charge in [0.2, 0.25) is 0 Å². The van der Waals surface area contributed by atoms with Crippen LogP contribution in [0.2, 0.25) is 0 Å². The number of carboxylic acids is 1. The van der Waals surface area contributed by atoms with Gasteiger partial charge >= 0.3 is 23.9 Å². The molecule has 0 radical (unpaired) electrons. The van der Waals surface area contributed by atoms with E-state index in [4.69, 9.17) is 23.7 Å². The third kappa shape index (κ3) is 42.5. The summed E-state index contributed by atoms with van der Waals surface area (Å²) in [6.07, 6.45) is 55.7. The number of hydrogen-bond donors (Lipinski definition) is 3. The fourth-order valence-corrected chi connectivity index (χ4v) is 8.84. The van der Waals surface area contributed by atoms with Crippen molar-refractivity contribution < 1.29 is 58.2 Å². The van der Waals surface area contributed by atoms with E-state index in [0.717, 1.165) is 96.3 Å². The van der Waals surface area contributed by atoms with E-state index in [-0.39, 0.29) is 25.9 Å². The first-order valence-corrected chi connectivity index (χ1v) is 30.6. The lowest BCUT2D eigenvalue weighted by atomic mass is 9.98. The van der Waals surface area contributed by atoms with Gasteiger partial charge in [-0.25, -0.2) is 4.79 Å². The van der Waals surface area contributed by atoms with Crippen molar-refractivity contribution in [2.24, 2.45) is 0 Å². The minimum atomic E-state index is -1.92. The molecule has 1 aliphatic rings. The summed E-state index contributed by atoms with van der Waals surface area (Å²) in [5.74, 6) is -3.21. The number of unbranched alkanes of at least 4 members (excludes halogenated alkanes) is 23. The van der Waals surface area contributed by atoms with E-state index in [1.807, 2.05) is 0 Å². The molecule has 1 heterocycles. The van der Waals surface area contributed by atoms with Crippen molar-refractivity contribution in [2.45, 2.75) is 289 Å². The molecule has 6 unspecified atom stereocenters. The molecule has 0 aromatic rings. The SMILES string of the molecule is CC/C=C\C/C=C\C/C=C\C/C=C\CCCCC(=O)OC(COC(=O)CCCCCCCCCCCCCCCCCCCCC)COC1OC(C(=O)O)C(O)C(O)C1OC(=O)CCCCC/C=C\C/C=C\C/C=C\CC. The topological polar surface area (TPSA) is 175 Å². The van der Waals surface area contributed by atoms with E-state index in [1.54, 1.807) is 0 Å². The van der Waals surface area contributed by atoms with E-state index in [9.17, 15) is 34.5 Å². The van der Waals surface area contributed by atoms with Gasteiger partial charge < -0.3 is 39.0 Å². The van der Waals surface area contributed by atoms with Gasteiger partial charge in [-0.3, -0.25) is 14.4 Å². The summed E-state index contributed by atoms with van der Waals surface area (Å²) in [5.41, 5.74) is 0. The van der Waals surface area contributed by atoms with E-state index in [0.29, 0.717) is 19.3 Å². The molecule has 1 fully saturated rings. The van der Waals surface area contributed by atoms with Crippen LogP contribution in [0.3, 0.4) is 0 Å². The molecule has 1 rings (SSSR count). The largest absolute Gasteiger partial charge is 0.479 e. The Balaban J connectivity index is 2.70. The zero-order valence-corrected chi connectivity index (χ0v) is 48.4. The van der Waals surface area contributed by atoms with Crippen molar-refractivity contribution in [2.75, 3.05) is 13.2 Å². The monoisotopic (exact) mass is 1080 g/mol. The second kappa shape index (κ2) is 52.6. The molecule has 0 amide bonds. The quantitative estimate of drug-likeness (QED) is 0.0228. The second-order valence-electron chi connectivity index (χ2n) is 20.6. The van der Waals surface area contributed by atoms with Crippen LogP contribution in [0.1, 0.15) is 252 Å². The van der Waals surface area contributed by atoms with Crippen LogP contribution in [0.25, 0.3) is 0 Å². The van der Waals surface area contributed by atoms with Crippen molar-refractivity contribution in [3.63, 3.8) is 0 Å². The Morgan fingerprint density at radius 3 is 1.27 bits per heavy atom. The zero-order valence-electron chi connectivity index (χ0n) is 48.4. The molecule has 6 atom stereocenters. The number of aliphatic hydroxyl groups is 2. The van der Waals surface area contributed by atoms with Crippen molar-refractivity contribution in [1.82, 2.24) is 0 Å². The molecule has 12 nitrogen and oxygen atoms in total. The number of aliphatic hydroxyl groups excluding tert-OH is 2. The molecule has 1 aliphatic heterocycles. The molecular weight excluding hydrogens is 973 g/mol. The summed E-state index contributed by atoms with van der Waals surface area (Å²) in [6, 6.07) is 0. The molecule has 0 aromatic heterocycles. The van der Waals surface area contributed by atoms with Gasteiger partial charge in [0.1, 0.15) is 18.8 Å². The molecule has 1 saturated heterocycles. The Morgan fingerprint density at radius 2 is 0.818 bits per heavy atom. The van der Waals surface area contributed by atoms with Gasteiger partial charge in [0, 0.05) is 19.3 Å². The molecular formula is C65H108O12. The number of esters is 3. The number of hydrogen-bond acceptors (Lipinski definition) is 11. The van der Waals surface area contributed by atoms with E-state index in [2.05, 4.69) is 106 Å². The first-order valence-electron chi connectivity index (χ1n) is 30.6. The summed E-state index contributed by atoms with van der Waals surface area (Å²) in [5, 5.41) is 31.5. The highest BCUT2D eigenvalue weighted by atomic mass is 16.7. The molecule has 0 aromatic carbocycles. The molecule has 3 N–H and O–H groups in total. The predicted octanol–water partition coefficient (Wildman–Crippen LogP) is 15.9. The number of carboxylic acid groups (broad SMARTS) is 1. The molecule has 0 spiro atoms. The summed E-state index contributed by atoms with van der Waals surface area (Å²) in [4.78, 5) is 51.1. The van der Waals surface area contributed by atoms with Crippen molar-refractivity contribution in [3.05, 3.63) is 85.1 Å². The van der Waals surface area contributed by atoms with Gasteiger partial charge in [0.05, 0.1) is 6.61 Å². The summed E-state index contributed by atoms with van der Waals surface area (Å²) >= 11 is 0. The first kappa shape index (κ1) is 70.9. The average molecular weight is 1080 g/mol. The maximum absolute atomic E-state index is 13.1. The number of ether oxygens (including phenoxy) is 5. The van der Waals surface area contributed by atoms with Gasteiger partial charge in [0.15, 0.2) is 24.6 Å². The van der Waals surface area contributed by atoms with Gasteiger partial charge in [-0.2, -0.15) is 0 Å². The molecule has 0 saturated carbocycles. The average Bonchev–Trinajstić information content (AvgIpc) is 3.41. The van der Waals surface area contributed by atoms with Crippen LogP contribution in [0.15, 0.2) is 85.1 Å².